The normalized spacial score (nSPS) is 11.3. The lowest BCUT2D eigenvalue weighted by molar-refractivity contribution is 1.18. The van der Waals surface area contributed by atoms with Crippen LogP contribution in [0.25, 0.3) is 93.9 Å². The fourth-order valence-electron chi connectivity index (χ4n) is 9.77. The summed E-state index contributed by atoms with van der Waals surface area (Å²) < 4.78 is 2.41. The average Bonchev–Trinajstić information content (AvgIpc) is 3.74. The van der Waals surface area contributed by atoms with Crippen LogP contribution in [0.3, 0.4) is 0 Å². The summed E-state index contributed by atoms with van der Waals surface area (Å²) in [7, 11) is 0. The van der Waals surface area contributed by atoms with Crippen molar-refractivity contribution in [2.45, 2.75) is 0 Å². The predicted molar refractivity (Wildman–Crippen MR) is 280 cm³/mol. The minimum absolute atomic E-state index is 1.09. The van der Waals surface area contributed by atoms with E-state index in [0.717, 1.165) is 17.1 Å². The Balaban J connectivity index is 0.866. The lowest BCUT2D eigenvalue weighted by Crippen LogP contribution is -2.09. The summed E-state index contributed by atoms with van der Waals surface area (Å²) in [4.78, 5) is 2.35. The maximum atomic E-state index is 2.41. The number of para-hydroxylation sites is 3. The molecule has 11 aromatic carbocycles. The molecule has 1 heterocycles. The molecule has 310 valence electrons. The second-order valence-corrected chi connectivity index (χ2v) is 16.9. The van der Waals surface area contributed by atoms with Crippen LogP contribution in [0.5, 0.6) is 0 Å². The summed E-state index contributed by atoms with van der Waals surface area (Å²) in [6, 6.07) is 96.7. The van der Waals surface area contributed by atoms with Crippen LogP contribution in [0.15, 0.2) is 267 Å². The van der Waals surface area contributed by atoms with Gasteiger partial charge in [-0.15, -0.1) is 0 Å². The van der Waals surface area contributed by atoms with Gasteiger partial charge in [0.25, 0.3) is 0 Å². The van der Waals surface area contributed by atoms with Crippen molar-refractivity contribution in [1.29, 1.82) is 0 Å². The molecule has 0 saturated carbocycles. The summed E-state index contributed by atoms with van der Waals surface area (Å²) in [5, 5.41) is 5.04. The van der Waals surface area contributed by atoms with E-state index >= 15 is 0 Å². The Kier molecular flexibility index (Phi) is 9.89. The fraction of sp³-hybridized carbons (Fsp3) is 0. The molecule has 0 fully saturated rings. The number of fused-ring (bicyclic) bond motifs is 4. The monoisotopic (exact) mass is 840 g/mol. The van der Waals surface area contributed by atoms with Crippen LogP contribution in [0.1, 0.15) is 0 Å². The first-order valence-electron chi connectivity index (χ1n) is 22.7. The zero-order valence-corrected chi connectivity index (χ0v) is 36.3. The number of rotatable bonds is 9. The van der Waals surface area contributed by atoms with E-state index < -0.39 is 0 Å². The van der Waals surface area contributed by atoms with Gasteiger partial charge in [-0.1, -0.05) is 206 Å². The second-order valence-electron chi connectivity index (χ2n) is 16.9. The minimum Gasteiger partial charge on any atom is -0.311 e. The molecule has 1 aromatic heterocycles. The molecule has 0 amide bonds. The van der Waals surface area contributed by atoms with E-state index in [0.29, 0.717) is 0 Å². The Labute approximate surface area is 385 Å². The molecular weight excluding hydrogens is 797 g/mol. The number of aromatic nitrogens is 1. The average molecular weight is 841 g/mol. The minimum atomic E-state index is 1.09. The van der Waals surface area contributed by atoms with Crippen molar-refractivity contribution in [3.8, 4) is 61.3 Å². The van der Waals surface area contributed by atoms with Gasteiger partial charge < -0.3 is 9.47 Å². The summed E-state index contributed by atoms with van der Waals surface area (Å²) in [5.74, 6) is 0. The summed E-state index contributed by atoms with van der Waals surface area (Å²) in [5.41, 5.74) is 18.8. The topological polar surface area (TPSA) is 8.17 Å². The van der Waals surface area contributed by atoms with Crippen molar-refractivity contribution < 1.29 is 0 Å². The summed E-state index contributed by atoms with van der Waals surface area (Å²) in [6.07, 6.45) is 0. The third-order valence-corrected chi connectivity index (χ3v) is 13.0. The molecule has 0 N–H and O–H groups in total. The van der Waals surface area contributed by atoms with E-state index in [2.05, 4.69) is 276 Å². The first-order chi connectivity index (χ1) is 32.7. The third kappa shape index (κ3) is 7.12. The molecule has 0 bridgehead atoms. The molecule has 0 atom stereocenters. The third-order valence-electron chi connectivity index (χ3n) is 13.0. The van der Waals surface area contributed by atoms with Crippen LogP contribution in [-0.2, 0) is 0 Å². The van der Waals surface area contributed by atoms with Gasteiger partial charge in [0.05, 0.1) is 16.7 Å². The predicted octanol–water partition coefficient (Wildman–Crippen LogP) is 17.7. The molecule has 12 aromatic rings. The Morgan fingerprint density at radius 2 is 0.636 bits per heavy atom. The van der Waals surface area contributed by atoms with Gasteiger partial charge in [-0.2, -0.15) is 0 Å². The molecule has 0 saturated heterocycles. The lowest BCUT2D eigenvalue weighted by atomic mass is 9.95. The zero-order valence-electron chi connectivity index (χ0n) is 36.3. The van der Waals surface area contributed by atoms with Gasteiger partial charge in [0.2, 0.25) is 0 Å². The van der Waals surface area contributed by atoms with E-state index in [1.807, 2.05) is 0 Å². The molecule has 0 aliphatic carbocycles. The van der Waals surface area contributed by atoms with Crippen molar-refractivity contribution >= 4 is 49.6 Å². The molecule has 2 nitrogen and oxygen atoms in total. The second kappa shape index (κ2) is 16.8. The maximum Gasteiger partial charge on any atom is 0.0541 e. The Bertz CT molecular complexity index is 3600. The Morgan fingerprint density at radius 1 is 0.242 bits per heavy atom. The maximum absolute atomic E-state index is 2.41. The van der Waals surface area contributed by atoms with Crippen molar-refractivity contribution in [3.05, 3.63) is 267 Å². The smallest absolute Gasteiger partial charge is 0.0541 e. The molecule has 2 heteroatoms. The first-order valence-corrected chi connectivity index (χ1v) is 22.7. The van der Waals surface area contributed by atoms with E-state index in [4.69, 9.17) is 0 Å². The number of nitrogens with zero attached hydrogens (tertiary/aromatic N) is 2. The van der Waals surface area contributed by atoms with Crippen LogP contribution in [-0.4, -0.2) is 4.57 Å². The van der Waals surface area contributed by atoms with Crippen molar-refractivity contribution in [2.75, 3.05) is 4.90 Å². The van der Waals surface area contributed by atoms with Gasteiger partial charge in [0.15, 0.2) is 0 Å². The number of hydrogen-bond acceptors (Lipinski definition) is 1. The largest absolute Gasteiger partial charge is 0.311 e. The van der Waals surface area contributed by atoms with Crippen molar-refractivity contribution in [3.63, 3.8) is 0 Å². The Hall–Kier alpha value is -8.72. The van der Waals surface area contributed by atoms with Crippen LogP contribution >= 0.6 is 0 Å². The van der Waals surface area contributed by atoms with E-state index in [9.17, 15) is 0 Å². The van der Waals surface area contributed by atoms with Gasteiger partial charge in [0, 0.05) is 33.4 Å². The summed E-state index contributed by atoms with van der Waals surface area (Å²) in [6.45, 7) is 0. The fourth-order valence-corrected chi connectivity index (χ4v) is 9.77. The van der Waals surface area contributed by atoms with Gasteiger partial charge in [0.1, 0.15) is 0 Å². The molecular formula is C64H44N2. The number of benzene rings is 11. The highest BCUT2D eigenvalue weighted by Gasteiger charge is 2.17. The highest BCUT2D eigenvalue weighted by Crippen LogP contribution is 2.40. The highest BCUT2D eigenvalue weighted by atomic mass is 15.1. The lowest BCUT2D eigenvalue weighted by Gasteiger charge is -2.26. The molecule has 12 rings (SSSR count). The zero-order chi connectivity index (χ0) is 43.8. The molecule has 66 heavy (non-hydrogen) atoms. The van der Waals surface area contributed by atoms with Gasteiger partial charge in [-0.05, 0) is 122 Å². The van der Waals surface area contributed by atoms with Crippen LogP contribution in [0.4, 0.5) is 17.1 Å². The number of hydrogen-bond donors (Lipinski definition) is 0. The van der Waals surface area contributed by atoms with Crippen LogP contribution in [0.2, 0.25) is 0 Å². The van der Waals surface area contributed by atoms with Crippen molar-refractivity contribution in [1.82, 2.24) is 4.57 Å². The van der Waals surface area contributed by atoms with Crippen LogP contribution < -0.4 is 4.90 Å². The van der Waals surface area contributed by atoms with Crippen LogP contribution in [0, 0.1) is 0 Å². The van der Waals surface area contributed by atoms with Gasteiger partial charge in [-0.3, -0.25) is 0 Å². The quantitative estimate of drug-likeness (QED) is 0.141. The highest BCUT2D eigenvalue weighted by molar-refractivity contribution is 6.09. The molecule has 0 spiro atoms. The summed E-state index contributed by atoms with van der Waals surface area (Å²) >= 11 is 0. The Morgan fingerprint density at radius 3 is 1.26 bits per heavy atom. The van der Waals surface area contributed by atoms with E-state index in [-0.39, 0.29) is 0 Å². The van der Waals surface area contributed by atoms with E-state index in [1.165, 1.54) is 93.9 Å². The first kappa shape index (κ1) is 38.9. The van der Waals surface area contributed by atoms with Crippen molar-refractivity contribution in [2.24, 2.45) is 0 Å². The number of anilines is 3. The SMILES string of the molecule is c1ccc(-c2ccc(N(c3ccc(-c4ccc(-c5ccccc5-n5c6ccccc6c6ccccc65)cc4)cc3)c3ccc(-c4cccc(-c5cccc6ccccc56)c4)cc3)cc2)cc1. The van der Waals surface area contributed by atoms with Gasteiger partial charge >= 0.3 is 0 Å². The molecule has 0 unspecified atom stereocenters. The molecule has 0 aliphatic heterocycles. The standard InChI is InChI=1S/C64H44N2/c1-2-14-45(15-3-1)47-32-38-54(39-33-47)65(56-42-36-49(37-43-56)52-18-12-19-53(44-52)58-24-13-17-50-16-4-5-20-57(50)58)55-40-34-48(35-41-55)46-28-30-51(31-29-46)59-21-6-9-25-62(59)66-63-26-10-7-22-60(63)61-23-8-11-27-64(61)66/h1-44H. The molecule has 0 radical (unpaired) electrons. The van der Waals surface area contributed by atoms with Gasteiger partial charge in [-0.25, -0.2) is 0 Å². The van der Waals surface area contributed by atoms with E-state index in [1.54, 1.807) is 0 Å². The molecule has 0 aliphatic rings.